The van der Waals surface area contributed by atoms with E-state index in [-0.39, 0.29) is 12.1 Å². The van der Waals surface area contributed by atoms with Crippen molar-refractivity contribution >= 4 is 23.2 Å². The van der Waals surface area contributed by atoms with Gasteiger partial charge in [-0.15, -0.1) is 10.2 Å². The molecule has 1 aromatic heterocycles. The third-order valence-electron chi connectivity index (χ3n) is 3.95. The van der Waals surface area contributed by atoms with E-state index in [1.54, 1.807) is 6.07 Å². The van der Waals surface area contributed by atoms with E-state index >= 15 is 0 Å². The second kappa shape index (κ2) is 5.95. The number of nitrogens with one attached hydrogen (secondary N) is 1. The van der Waals surface area contributed by atoms with E-state index in [0.717, 1.165) is 41.6 Å². The molecule has 2 aromatic rings. The molecule has 3 rings (SSSR count). The molecule has 0 spiro atoms. The standard InChI is InChI=1S/C15H18Cl2N4/c1-9(12-8-11(16)5-6-13(12)17)18-10(2)15-20-19-14-4-3-7-21(14)15/h5-6,8-10,18H,3-4,7H2,1-2H3. The minimum absolute atomic E-state index is 0.0838. The Labute approximate surface area is 134 Å². The average Bonchev–Trinajstić information content (AvgIpc) is 3.03. The quantitative estimate of drug-likeness (QED) is 0.926. The fourth-order valence-electron chi connectivity index (χ4n) is 2.88. The SMILES string of the molecule is CC(NC(C)c1nnc2n1CCC2)c1cc(Cl)ccc1Cl. The first kappa shape index (κ1) is 14.8. The molecule has 0 saturated carbocycles. The molecular formula is C15H18Cl2N4. The van der Waals surface area contributed by atoms with Crippen molar-refractivity contribution in [2.45, 2.75) is 45.3 Å². The van der Waals surface area contributed by atoms with Crippen molar-refractivity contribution in [3.05, 3.63) is 45.5 Å². The number of hydrogen-bond acceptors (Lipinski definition) is 3. The van der Waals surface area contributed by atoms with Crippen LogP contribution in [0.1, 0.15) is 49.6 Å². The Kier molecular flexibility index (Phi) is 4.20. The highest BCUT2D eigenvalue weighted by Gasteiger charge is 2.23. The maximum atomic E-state index is 6.26. The molecule has 2 heterocycles. The van der Waals surface area contributed by atoms with Crippen LogP contribution in [0.5, 0.6) is 0 Å². The summed E-state index contributed by atoms with van der Waals surface area (Å²) in [6, 6.07) is 5.73. The molecule has 0 aliphatic carbocycles. The van der Waals surface area contributed by atoms with Gasteiger partial charge >= 0.3 is 0 Å². The number of aryl methyl sites for hydroxylation is 1. The predicted molar refractivity (Wildman–Crippen MR) is 84.8 cm³/mol. The number of benzene rings is 1. The minimum Gasteiger partial charge on any atom is -0.314 e. The van der Waals surface area contributed by atoms with Crippen LogP contribution < -0.4 is 5.32 Å². The molecule has 1 aromatic carbocycles. The molecular weight excluding hydrogens is 307 g/mol. The maximum Gasteiger partial charge on any atom is 0.149 e. The zero-order valence-corrected chi connectivity index (χ0v) is 13.6. The van der Waals surface area contributed by atoms with Gasteiger partial charge in [0.15, 0.2) is 0 Å². The smallest absolute Gasteiger partial charge is 0.149 e. The Morgan fingerprint density at radius 2 is 2.00 bits per heavy atom. The van der Waals surface area contributed by atoms with Gasteiger partial charge in [0.25, 0.3) is 0 Å². The van der Waals surface area contributed by atoms with Crippen molar-refractivity contribution in [1.82, 2.24) is 20.1 Å². The van der Waals surface area contributed by atoms with Crippen LogP contribution in [-0.4, -0.2) is 14.8 Å². The molecule has 0 bridgehead atoms. The highest BCUT2D eigenvalue weighted by molar-refractivity contribution is 6.33. The second-order valence-corrected chi connectivity index (χ2v) is 6.35. The Morgan fingerprint density at radius 3 is 2.81 bits per heavy atom. The van der Waals surface area contributed by atoms with Crippen LogP contribution in [-0.2, 0) is 13.0 Å². The molecule has 6 heteroatoms. The molecule has 112 valence electrons. The normalized spacial score (nSPS) is 16.8. The first-order valence-corrected chi connectivity index (χ1v) is 7.95. The fraction of sp³-hybridized carbons (Fsp3) is 0.467. The summed E-state index contributed by atoms with van der Waals surface area (Å²) < 4.78 is 2.21. The number of fused-ring (bicyclic) bond motifs is 1. The lowest BCUT2D eigenvalue weighted by Gasteiger charge is -2.21. The van der Waals surface area contributed by atoms with Gasteiger partial charge in [-0.1, -0.05) is 23.2 Å². The van der Waals surface area contributed by atoms with E-state index in [1.807, 2.05) is 12.1 Å². The van der Waals surface area contributed by atoms with Crippen molar-refractivity contribution in [3.63, 3.8) is 0 Å². The van der Waals surface area contributed by atoms with Crippen molar-refractivity contribution in [2.75, 3.05) is 0 Å². The van der Waals surface area contributed by atoms with Gasteiger partial charge in [0.05, 0.1) is 6.04 Å². The zero-order valence-electron chi connectivity index (χ0n) is 12.1. The molecule has 0 saturated heterocycles. The number of hydrogen-bond donors (Lipinski definition) is 1. The Hall–Kier alpha value is -1.10. The van der Waals surface area contributed by atoms with Crippen molar-refractivity contribution < 1.29 is 0 Å². The van der Waals surface area contributed by atoms with E-state index < -0.39 is 0 Å². The summed E-state index contributed by atoms with van der Waals surface area (Å²) in [5.41, 5.74) is 0.997. The summed E-state index contributed by atoms with van der Waals surface area (Å²) in [5, 5.41) is 13.5. The zero-order chi connectivity index (χ0) is 15.0. The largest absolute Gasteiger partial charge is 0.314 e. The summed E-state index contributed by atoms with van der Waals surface area (Å²) in [6.07, 6.45) is 2.18. The van der Waals surface area contributed by atoms with Crippen LogP contribution >= 0.6 is 23.2 Å². The molecule has 1 aliphatic heterocycles. The van der Waals surface area contributed by atoms with Gasteiger partial charge in [-0.05, 0) is 44.0 Å². The lowest BCUT2D eigenvalue weighted by Crippen LogP contribution is -2.25. The van der Waals surface area contributed by atoms with E-state index in [1.165, 1.54) is 0 Å². The van der Waals surface area contributed by atoms with E-state index in [2.05, 4.69) is 33.9 Å². The van der Waals surface area contributed by atoms with Crippen LogP contribution in [0.4, 0.5) is 0 Å². The number of aromatic nitrogens is 3. The van der Waals surface area contributed by atoms with Crippen LogP contribution in [0.25, 0.3) is 0 Å². The summed E-state index contributed by atoms with van der Waals surface area (Å²) >= 11 is 12.3. The van der Waals surface area contributed by atoms with Crippen molar-refractivity contribution in [3.8, 4) is 0 Å². The topological polar surface area (TPSA) is 42.7 Å². The summed E-state index contributed by atoms with van der Waals surface area (Å²) in [4.78, 5) is 0. The highest BCUT2D eigenvalue weighted by Crippen LogP contribution is 2.28. The molecule has 1 aliphatic rings. The molecule has 0 fully saturated rings. The van der Waals surface area contributed by atoms with Gasteiger partial charge in [-0.25, -0.2) is 0 Å². The Morgan fingerprint density at radius 1 is 1.19 bits per heavy atom. The maximum absolute atomic E-state index is 6.26. The van der Waals surface area contributed by atoms with Gasteiger partial charge in [0.1, 0.15) is 11.6 Å². The summed E-state index contributed by atoms with van der Waals surface area (Å²) in [5.74, 6) is 2.08. The van der Waals surface area contributed by atoms with E-state index in [9.17, 15) is 0 Å². The Bertz CT molecular complexity index is 653. The van der Waals surface area contributed by atoms with Crippen LogP contribution in [0, 0.1) is 0 Å². The van der Waals surface area contributed by atoms with Crippen molar-refractivity contribution in [2.24, 2.45) is 0 Å². The number of nitrogens with zero attached hydrogens (tertiary/aromatic N) is 3. The molecule has 0 radical (unpaired) electrons. The van der Waals surface area contributed by atoms with Crippen LogP contribution in [0.15, 0.2) is 18.2 Å². The molecule has 2 atom stereocenters. The number of halogens is 2. The first-order chi connectivity index (χ1) is 10.1. The third kappa shape index (κ3) is 2.93. The van der Waals surface area contributed by atoms with Gasteiger partial charge < -0.3 is 9.88 Å². The van der Waals surface area contributed by atoms with Gasteiger partial charge in [0, 0.05) is 29.1 Å². The van der Waals surface area contributed by atoms with E-state index in [4.69, 9.17) is 23.2 Å². The third-order valence-corrected chi connectivity index (χ3v) is 4.53. The second-order valence-electron chi connectivity index (χ2n) is 5.51. The van der Waals surface area contributed by atoms with Gasteiger partial charge in [0.2, 0.25) is 0 Å². The lowest BCUT2D eigenvalue weighted by atomic mass is 10.1. The molecule has 1 N–H and O–H groups in total. The minimum atomic E-state index is 0.0838. The lowest BCUT2D eigenvalue weighted by molar-refractivity contribution is 0.460. The molecule has 2 unspecified atom stereocenters. The number of rotatable bonds is 4. The summed E-state index contributed by atoms with van der Waals surface area (Å²) in [7, 11) is 0. The van der Waals surface area contributed by atoms with E-state index in [0.29, 0.717) is 5.02 Å². The first-order valence-electron chi connectivity index (χ1n) is 7.19. The highest BCUT2D eigenvalue weighted by atomic mass is 35.5. The van der Waals surface area contributed by atoms with Gasteiger partial charge in [-0.2, -0.15) is 0 Å². The van der Waals surface area contributed by atoms with Crippen molar-refractivity contribution in [1.29, 1.82) is 0 Å². The predicted octanol–water partition coefficient (Wildman–Crippen LogP) is 3.94. The van der Waals surface area contributed by atoms with Crippen LogP contribution in [0.2, 0.25) is 10.0 Å². The molecule has 0 amide bonds. The Balaban J connectivity index is 1.77. The molecule has 21 heavy (non-hydrogen) atoms. The van der Waals surface area contributed by atoms with Crippen LogP contribution in [0.3, 0.4) is 0 Å². The van der Waals surface area contributed by atoms with Gasteiger partial charge in [-0.3, -0.25) is 0 Å². The average molecular weight is 325 g/mol. The summed E-state index contributed by atoms with van der Waals surface area (Å²) in [6.45, 7) is 5.19. The molecule has 4 nitrogen and oxygen atoms in total. The monoisotopic (exact) mass is 324 g/mol. The fourth-order valence-corrected chi connectivity index (χ4v) is 3.34.